The lowest BCUT2D eigenvalue weighted by Crippen LogP contribution is -2.60. The second kappa shape index (κ2) is 23.8. The third kappa shape index (κ3) is 12.5. The summed E-state index contributed by atoms with van der Waals surface area (Å²) >= 11 is 0. The maximum absolute atomic E-state index is 16.0. The lowest BCUT2D eigenvalue weighted by Gasteiger charge is -2.58. The third-order valence-electron chi connectivity index (χ3n) is 16.8. The summed E-state index contributed by atoms with van der Waals surface area (Å²) in [5.41, 5.74) is 2.21. The first-order valence-corrected chi connectivity index (χ1v) is 29.3. The van der Waals surface area contributed by atoms with Gasteiger partial charge in [0.2, 0.25) is 11.7 Å². The third-order valence-corrected chi connectivity index (χ3v) is 18.1. The Morgan fingerprint density at radius 3 is 2.34 bits per heavy atom. The monoisotopic (exact) mass is 1150 g/mol. The Hall–Kier alpha value is -7.47. The molecule has 1 aliphatic carbocycles. The van der Waals surface area contributed by atoms with Crippen LogP contribution in [0.25, 0.3) is 11.0 Å². The number of fused-ring (bicyclic) bond motifs is 1. The number of piperazine rings is 1. The second-order valence-corrected chi connectivity index (χ2v) is 24.5. The number of sulfonamides is 1. The fourth-order valence-electron chi connectivity index (χ4n) is 12.2. The number of likely N-dealkylation sites (N-methyl/N-ethyl adjacent to an activating group) is 1. The van der Waals surface area contributed by atoms with Crippen molar-refractivity contribution < 1.29 is 45.9 Å². The first kappa shape index (κ1) is 57.8. The molecule has 23 heteroatoms. The van der Waals surface area contributed by atoms with Crippen molar-refractivity contribution in [3.8, 4) is 23.1 Å². The van der Waals surface area contributed by atoms with E-state index >= 15 is 4.39 Å². The number of methoxy groups -OCH3 is 2. The van der Waals surface area contributed by atoms with Gasteiger partial charge in [-0.15, -0.1) is 0 Å². The molecule has 1 saturated carbocycles. The number of halogens is 2. The second-order valence-electron chi connectivity index (χ2n) is 22.8. The number of carbonyl (C=O) groups excluding carboxylic acids is 2. The lowest BCUT2D eigenvalue weighted by atomic mass is 9.59. The molecule has 0 bridgehead atoms. The standard InChI is InChI=1S/C59H71F2N11O9S/c1-38(2)44-9-7-8-10-45(44)50-35-68(34-39-11-14-42(79-5)15-12-39)25-26-71(50)41-30-58(31-41)17-21-69(22-18-58)40-13-16-46(51(27-40)81-52-29-47-48(60)33-63-54(47)65-57(52)80-6)56(74)66-82(77,78)43-28-49(72(75)76)55(62-32-43)64-37-59(61)19-23-70(24-20-59)53(73)36-67(3)4/h7-16,27-29,32-33,38,41,50H,17-26,30-31,34-37H2,1-6H3,(H,62,64)(H,63,65)(H,66,74)/t50-/m0/s1. The Morgan fingerprint density at radius 1 is 0.927 bits per heavy atom. The number of rotatable bonds is 19. The number of H-pyrrole nitrogens is 1. The first-order chi connectivity index (χ1) is 39.2. The molecule has 3 N–H and O–H groups in total. The van der Waals surface area contributed by atoms with Crippen molar-refractivity contribution in [1.82, 2.24) is 39.3 Å². The number of anilines is 2. The summed E-state index contributed by atoms with van der Waals surface area (Å²) < 4.78 is 78.2. The molecule has 0 unspecified atom stereocenters. The van der Waals surface area contributed by atoms with Gasteiger partial charge < -0.3 is 39.2 Å². The number of nitro groups is 1. The molecule has 6 heterocycles. The zero-order chi connectivity index (χ0) is 58.1. The zero-order valence-corrected chi connectivity index (χ0v) is 47.9. The van der Waals surface area contributed by atoms with Gasteiger partial charge in [0.05, 0.1) is 49.4 Å². The van der Waals surface area contributed by atoms with E-state index in [2.05, 4.69) is 85.2 Å². The van der Waals surface area contributed by atoms with Crippen molar-refractivity contribution in [2.24, 2.45) is 5.41 Å². The van der Waals surface area contributed by atoms with E-state index in [1.54, 1.807) is 43.1 Å². The van der Waals surface area contributed by atoms with E-state index < -0.39 is 42.9 Å². The van der Waals surface area contributed by atoms with Crippen LogP contribution in [0.5, 0.6) is 23.1 Å². The average Bonchev–Trinajstić information content (AvgIpc) is 2.62. The maximum Gasteiger partial charge on any atom is 0.312 e. The topological polar surface area (TPSA) is 221 Å². The number of ether oxygens (including phenoxy) is 3. The number of benzene rings is 3. The minimum Gasteiger partial charge on any atom is -0.497 e. The van der Waals surface area contributed by atoms with Crippen molar-refractivity contribution in [2.45, 2.75) is 87.5 Å². The molecule has 436 valence electrons. The molecular formula is C59H71F2N11O9S. The minimum atomic E-state index is -4.85. The van der Waals surface area contributed by atoms with Crippen molar-refractivity contribution in [3.05, 3.63) is 129 Å². The molecular weight excluding hydrogens is 1080 g/mol. The Morgan fingerprint density at radius 2 is 1.66 bits per heavy atom. The largest absolute Gasteiger partial charge is 0.497 e. The smallest absolute Gasteiger partial charge is 0.312 e. The Bertz CT molecular complexity index is 3430. The maximum atomic E-state index is 16.0. The van der Waals surface area contributed by atoms with Crippen LogP contribution < -0.4 is 29.1 Å². The highest BCUT2D eigenvalue weighted by atomic mass is 32.2. The normalized spacial score (nSPS) is 18.6. The SMILES string of the molecule is COc1ccc(CN2CCN(C3CC4(CCN(c5ccc(C(=O)NS(=O)(=O)c6cnc(NCC7(F)CCN(C(=O)CN(C)C)CC7)c([N+](=O)[O-])c6)c(Oc6cc7c(F)c[nH]c7nc6OC)c5)CC4)C3)[C@H](c3ccccc3C(C)C)C2)cc1. The van der Waals surface area contributed by atoms with E-state index in [4.69, 9.17) is 14.2 Å². The quantitative estimate of drug-likeness (QED) is 0.0510. The van der Waals surface area contributed by atoms with Crippen LogP contribution in [0, 0.1) is 21.3 Å². The van der Waals surface area contributed by atoms with Crippen LogP contribution >= 0.6 is 0 Å². The van der Waals surface area contributed by atoms with Gasteiger partial charge in [-0.3, -0.25) is 29.5 Å². The van der Waals surface area contributed by atoms with E-state index in [0.717, 1.165) is 76.1 Å². The van der Waals surface area contributed by atoms with Gasteiger partial charge >= 0.3 is 5.69 Å². The van der Waals surface area contributed by atoms with E-state index in [9.17, 15) is 32.5 Å². The predicted molar refractivity (Wildman–Crippen MR) is 307 cm³/mol. The molecule has 82 heavy (non-hydrogen) atoms. The minimum absolute atomic E-state index is 0.0273. The number of hydrogen-bond donors (Lipinski definition) is 3. The Balaban J connectivity index is 0.844. The van der Waals surface area contributed by atoms with Crippen LogP contribution in [0.4, 0.5) is 26.0 Å². The van der Waals surface area contributed by atoms with E-state index in [0.29, 0.717) is 30.7 Å². The van der Waals surface area contributed by atoms with Crippen LogP contribution in [-0.2, 0) is 21.4 Å². The zero-order valence-electron chi connectivity index (χ0n) is 47.1. The number of aromatic nitrogens is 3. The molecule has 20 nitrogen and oxygen atoms in total. The molecule has 10 rings (SSSR count). The van der Waals surface area contributed by atoms with Crippen molar-refractivity contribution >= 4 is 50.1 Å². The highest BCUT2D eigenvalue weighted by Crippen LogP contribution is 2.53. The summed E-state index contributed by atoms with van der Waals surface area (Å²) in [5.74, 6) is -1.25. The number of amides is 2. The number of piperidine rings is 2. The van der Waals surface area contributed by atoms with E-state index in [1.807, 2.05) is 16.9 Å². The molecule has 1 spiro atoms. The fraction of sp³-hybridized carbons (Fsp3) is 0.458. The lowest BCUT2D eigenvalue weighted by molar-refractivity contribution is -0.384. The predicted octanol–water partition coefficient (Wildman–Crippen LogP) is 8.67. The number of pyridine rings is 2. The van der Waals surface area contributed by atoms with Gasteiger partial charge in [-0.1, -0.05) is 50.2 Å². The number of nitrogens with zero attached hydrogens (tertiary/aromatic N) is 8. The molecule has 1 atom stereocenters. The number of hydrogen-bond acceptors (Lipinski definition) is 16. The summed E-state index contributed by atoms with van der Waals surface area (Å²) in [6.07, 6.45) is 5.91. The summed E-state index contributed by atoms with van der Waals surface area (Å²) in [5, 5.41) is 15.1. The molecule has 3 aromatic carbocycles. The van der Waals surface area contributed by atoms with Crippen molar-refractivity contribution in [2.75, 3.05) is 97.4 Å². The van der Waals surface area contributed by atoms with Crippen molar-refractivity contribution in [1.29, 1.82) is 0 Å². The summed E-state index contributed by atoms with van der Waals surface area (Å²) in [7, 11) is 1.70. The van der Waals surface area contributed by atoms with Gasteiger partial charge in [0.15, 0.2) is 5.75 Å². The van der Waals surface area contributed by atoms with Gasteiger partial charge in [0, 0.05) is 107 Å². The average molecular weight is 1150 g/mol. The fourth-order valence-corrected chi connectivity index (χ4v) is 13.1. The van der Waals surface area contributed by atoms with Crippen LogP contribution in [0.2, 0.25) is 0 Å². The molecule has 2 amide bonds. The molecule has 3 saturated heterocycles. The number of aromatic amines is 1. The van der Waals surface area contributed by atoms with Crippen LogP contribution in [0.3, 0.4) is 0 Å². The molecule has 6 aromatic rings. The van der Waals surface area contributed by atoms with Crippen LogP contribution in [-0.4, -0.2) is 159 Å². The van der Waals surface area contributed by atoms with Gasteiger partial charge in [-0.05, 0) is 92.1 Å². The number of nitrogens with one attached hydrogen (secondary N) is 3. The van der Waals surface area contributed by atoms with Gasteiger partial charge in [-0.2, -0.15) is 4.98 Å². The molecule has 0 radical (unpaired) electrons. The van der Waals surface area contributed by atoms with Crippen LogP contribution in [0.15, 0.2) is 96.2 Å². The molecule has 4 fully saturated rings. The first-order valence-electron chi connectivity index (χ1n) is 27.8. The van der Waals surface area contributed by atoms with Crippen molar-refractivity contribution in [3.63, 3.8) is 0 Å². The van der Waals surface area contributed by atoms with E-state index in [-0.39, 0.29) is 96.2 Å². The van der Waals surface area contributed by atoms with E-state index in [1.165, 1.54) is 35.9 Å². The van der Waals surface area contributed by atoms with Gasteiger partial charge in [0.25, 0.3) is 21.8 Å². The number of carbonyl (C=O) groups is 2. The number of likely N-dealkylation sites (tertiary alicyclic amines) is 1. The summed E-state index contributed by atoms with van der Waals surface area (Å²) in [4.78, 5) is 59.5. The molecule has 4 aliphatic rings. The van der Waals surface area contributed by atoms with Gasteiger partial charge in [0.1, 0.15) is 33.5 Å². The Kier molecular flexibility index (Phi) is 16.8. The summed E-state index contributed by atoms with van der Waals surface area (Å²) in [6, 6.07) is 24.7. The highest BCUT2D eigenvalue weighted by molar-refractivity contribution is 7.90. The summed E-state index contributed by atoms with van der Waals surface area (Å²) in [6.45, 7) is 9.72. The van der Waals surface area contributed by atoms with Gasteiger partial charge in [-0.25, -0.2) is 26.9 Å². The molecule has 3 aliphatic heterocycles. The van der Waals surface area contributed by atoms with Crippen LogP contribution in [0.1, 0.15) is 91.4 Å². The highest BCUT2D eigenvalue weighted by Gasteiger charge is 2.50. The Labute approximate surface area is 476 Å². The molecule has 3 aromatic heterocycles. The number of alkyl halides is 1.